The van der Waals surface area contributed by atoms with Crippen molar-refractivity contribution in [3.63, 3.8) is 0 Å². The van der Waals surface area contributed by atoms with Crippen molar-refractivity contribution in [2.24, 2.45) is 5.73 Å². The SMILES string of the molecule is Cl.NCCCc1cnccn1. The first-order valence-corrected chi connectivity index (χ1v) is 3.38. The molecule has 4 heteroatoms. The van der Waals surface area contributed by atoms with Crippen LogP contribution in [0.15, 0.2) is 18.6 Å². The van der Waals surface area contributed by atoms with Gasteiger partial charge in [0.25, 0.3) is 0 Å². The van der Waals surface area contributed by atoms with Crippen LogP contribution in [0, 0.1) is 0 Å². The second-order valence-corrected chi connectivity index (χ2v) is 2.09. The van der Waals surface area contributed by atoms with Crippen molar-refractivity contribution in [3.05, 3.63) is 24.3 Å². The number of aromatic nitrogens is 2. The molecule has 3 nitrogen and oxygen atoms in total. The predicted octanol–water partition coefficient (Wildman–Crippen LogP) is 0.790. The largest absolute Gasteiger partial charge is 0.330 e. The number of nitrogens with zero attached hydrogens (tertiary/aromatic N) is 2. The Labute approximate surface area is 72.5 Å². The van der Waals surface area contributed by atoms with E-state index in [2.05, 4.69) is 9.97 Å². The molecule has 0 radical (unpaired) electrons. The second kappa shape index (κ2) is 6.07. The standard InChI is InChI=1S/C7H11N3.ClH/c8-3-1-2-7-6-9-4-5-10-7;/h4-6H,1-3,8H2;1H. The zero-order chi connectivity index (χ0) is 7.23. The molecule has 0 unspecified atom stereocenters. The van der Waals surface area contributed by atoms with Gasteiger partial charge in [-0.2, -0.15) is 0 Å². The van der Waals surface area contributed by atoms with Crippen molar-refractivity contribution in [2.45, 2.75) is 12.8 Å². The van der Waals surface area contributed by atoms with Crippen LogP contribution < -0.4 is 5.73 Å². The summed E-state index contributed by atoms with van der Waals surface area (Å²) in [7, 11) is 0. The molecule has 0 saturated carbocycles. The van der Waals surface area contributed by atoms with E-state index < -0.39 is 0 Å². The Kier molecular flexibility index (Phi) is 5.70. The molecule has 1 rings (SSSR count). The summed E-state index contributed by atoms with van der Waals surface area (Å²) in [6, 6.07) is 0. The lowest BCUT2D eigenvalue weighted by atomic mass is 10.2. The van der Waals surface area contributed by atoms with E-state index in [9.17, 15) is 0 Å². The van der Waals surface area contributed by atoms with Crippen LogP contribution in [-0.2, 0) is 6.42 Å². The van der Waals surface area contributed by atoms with Crippen molar-refractivity contribution in [3.8, 4) is 0 Å². The van der Waals surface area contributed by atoms with E-state index >= 15 is 0 Å². The summed E-state index contributed by atoms with van der Waals surface area (Å²) in [5.74, 6) is 0. The molecule has 0 aliphatic rings. The minimum absolute atomic E-state index is 0. The van der Waals surface area contributed by atoms with Gasteiger partial charge in [0.1, 0.15) is 0 Å². The quantitative estimate of drug-likeness (QED) is 0.736. The van der Waals surface area contributed by atoms with Gasteiger partial charge >= 0.3 is 0 Å². The molecule has 2 N–H and O–H groups in total. The van der Waals surface area contributed by atoms with E-state index in [0.29, 0.717) is 0 Å². The lowest BCUT2D eigenvalue weighted by Crippen LogP contribution is -2.01. The Morgan fingerprint density at radius 2 is 2.18 bits per heavy atom. The van der Waals surface area contributed by atoms with E-state index in [1.54, 1.807) is 18.6 Å². The average molecular weight is 174 g/mol. The first kappa shape index (κ1) is 10.3. The molecule has 0 atom stereocenters. The fourth-order valence-corrected chi connectivity index (χ4v) is 0.742. The molecule has 0 spiro atoms. The summed E-state index contributed by atoms with van der Waals surface area (Å²) in [5, 5.41) is 0. The Morgan fingerprint density at radius 1 is 1.36 bits per heavy atom. The number of rotatable bonds is 3. The van der Waals surface area contributed by atoms with Crippen LogP contribution in [0.5, 0.6) is 0 Å². The molecule has 0 aromatic carbocycles. The molecule has 0 bridgehead atoms. The van der Waals surface area contributed by atoms with Crippen LogP contribution in [-0.4, -0.2) is 16.5 Å². The third-order valence-corrected chi connectivity index (χ3v) is 1.25. The maximum atomic E-state index is 5.33. The Hall–Kier alpha value is -0.670. The summed E-state index contributed by atoms with van der Waals surface area (Å²) in [6.07, 6.45) is 7.07. The highest BCUT2D eigenvalue weighted by molar-refractivity contribution is 5.85. The monoisotopic (exact) mass is 173 g/mol. The fraction of sp³-hybridized carbons (Fsp3) is 0.429. The molecule has 1 aromatic heterocycles. The summed E-state index contributed by atoms with van der Waals surface area (Å²) in [5.41, 5.74) is 6.35. The van der Waals surface area contributed by atoms with Crippen LogP contribution in [0.2, 0.25) is 0 Å². The van der Waals surface area contributed by atoms with Crippen molar-refractivity contribution in [2.75, 3.05) is 6.54 Å². The van der Waals surface area contributed by atoms with Gasteiger partial charge in [0.15, 0.2) is 0 Å². The van der Waals surface area contributed by atoms with Gasteiger partial charge in [0, 0.05) is 18.6 Å². The highest BCUT2D eigenvalue weighted by Gasteiger charge is 1.90. The topological polar surface area (TPSA) is 51.8 Å². The van der Waals surface area contributed by atoms with Crippen molar-refractivity contribution in [1.82, 2.24) is 9.97 Å². The fourth-order valence-electron chi connectivity index (χ4n) is 0.742. The third-order valence-electron chi connectivity index (χ3n) is 1.25. The number of hydrogen-bond donors (Lipinski definition) is 1. The number of halogens is 1. The van der Waals surface area contributed by atoms with Gasteiger partial charge < -0.3 is 5.73 Å². The summed E-state index contributed by atoms with van der Waals surface area (Å²) < 4.78 is 0. The highest BCUT2D eigenvalue weighted by Crippen LogP contribution is 1.93. The van der Waals surface area contributed by atoms with E-state index in [1.165, 1.54) is 0 Å². The molecule has 0 aliphatic heterocycles. The van der Waals surface area contributed by atoms with Crippen molar-refractivity contribution in [1.29, 1.82) is 0 Å². The van der Waals surface area contributed by atoms with Gasteiger partial charge in [-0.15, -0.1) is 12.4 Å². The molecule has 0 fully saturated rings. The van der Waals surface area contributed by atoms with Crippen LogP contribution in [0.3, 0.4) is 0 Å². The van der Waals surface area contributed by atoms with E-state index in [0.717, 1.165) is 25.1 Å². The second-order valence-electron chi connectivity index (χ2n) is 2.09. The lowest BCUT2D eigenvalue weighted by molar-refractivity contribution is 0.804. The lowest BCUT2D eigenvalue weighted by Gasteiger charge is -1.94. The molecule has 11 heavy (non-hydrogen) atoms. The van der Waals surface area contributed by atoms with Crippen molar-refractivity contribution >= 4 is 12.4 Å². The van der Waals surface area contributed by atoms with Crippen LogP contribution in [0.1, 0.15) is 12.1 Å². The van der Waals surface area contributed by atoms with Crippen LogP contribution in [0.4, 0.5) is 0 Å². The van der Waals surface area contributed by atoms with Gasteiger partial charge in [-0.1, -0.05) is 0 Å². The summed E-state index contributed by atoms with van der Waals surface area (Å²) >= 11 is 0. The van der Waals surface area contributed by atoms with Gasteiger partial charge in [-0.05, 0) is 19.4 Å². The van der Waals surface area contributed by atoms with E-state index in [1.807, 2.05) is 0 Å². The van der Waals surface area contributed by atoms with Gasteiger partial charge in [-0.3, -0.25) is 9.97 Å². The molecule has 0 amide bonds. The van der Waals surface area contributed by atoms with E-state index in [4.69, 9.17) is 5.73 Å². The number of hydrogen-bond acceptors (Lipinski definition) is 3. The molecular weight excluding hydrogens is 162 g/mol. The molecule has 0 saturated heterocycles. The normalized spacial score (nSPS) is 8.82. The van der Waals surface area contributed by atoms with Gasteiger partial charge in [-0.25, -0.2) is 0 Å². The summed E-state index contributed by atoms with van der Waals surface area (Å²) in [6.45, 7) is 0.719. The molecule has 1 aromatic rings. The molecular formula is C7H12ClN3. The minimum Gasteiger partial charge on any atom is -0.330 e. The number of aryl methyl sites for hydroxylation is 1. The van der Waals surface area contributed by atoms with Crippen molar-refractivity contribution < 1.29 is 0 Å². The predicted molar refractivity (Wildman–Crippen MR) is 46.7 cm³/mol. The zero-order valence-electron chi connectivity index (χ0n) is 6.23. The highest BCUT2D eigenvalue weighted by atomic mass is 35.5. The first-order valence-electron chi connectivity index (χ1n) is 3.38. The maximum absolute atomic E-state index is 5.33. The maximum Gasteiger partial charge on any atom is 0.0587 e. The Morgan fingerprint density at radius 3 is 2.73 bits per heavy atom. The zero-order valence-corrected chi connectivity index (χ0v) is 7.05. The van der Waals surface area contributed by atoms with Gasteiger partial charge in [0.05, 0.1) is 5.69 Å². The van der Waals surface area contributed by atoms with Crippen LogP contribution in [0.25, 0.3) is 0 Å². The Bertz CT molecular complexity index is 178. The minimum atomic E-state index is 0. The smallest absolute Gasteiger partial charge is 0.0587 e. The first-order chi connectivity index (χ1) is 4.93. The van der Waals surface area contributed by atoms with Gasteiger partial charge in [0.2, 0.25) is 0 Å². The average Bonchev–Trinajstić information content (AvgIpc) is 2.03. The third kappa shape index (κ3) is 3.91. The summed E-state index contributed by atoms with van der Waals surface area (Å²) in [4.78, 5) is 8.03. The molecule has 62 valence electrons. The molecule has 0 aliphatic carbocycles. The Balaban J connectivity index is 0.000001000. The van der Waals surface area contributed by atoms with Crippen LogP contribution >= 0.6 is 12.4 Å². The molecule has 1 heterocycles. The van der Waals surface area contributed by atoms with E-state index in [-0.39, 0.29) is 12.4 Å². The number of nitrogens with two attached hydrogens (primary N) is 1.